The normalized spacial score (nSPS) is 20.6. The Labute approximate surface area is 168 Å². The summed E-state index contributed by atoms with van der Waals surface area (Å²) in [6.07, 6.45) is 1.53. The van der Waals surface area contributed by atoms with Crippen LogP contribution in [0, 0.1) is 0 Å². The summed E-state index contributed by atoms with van der Waals surface area (Å²) in [6.45, 7) is 6.33. The van der Waals surface area contributed by atoms with Crippen LogP contribution in [-0.2, 0) is 14.3 Å². The number of aromatic nitrogens is 1. The molecule has 7 nitrogen and oxygen atoms in total. The zero-order valence-electron chi connectivity index (χ0n) is 16.2. The highest BCUT2D eigenvalue weighted by Crippen LogP contribution is 2.28. The third-order valence-corrected chi connectivity index (χ3v) is 6.44. The van der Waals surface area contributed by atoms with Crippen LogP contribution in [0.4, 0.5) is 5.13 Å². The minimum Gasteiger partial charge on any atom is -0.368 e. The monoisotopic (exact) mass is 402 g/mol. The summed E-state index contributed by atoms with van der Waals surface area (Å²) < 4.78 is 6.60. The second kappa shape index (κ2) is 8.55. The quantitative estimate of drug-likeness (QED) is 0.765. The fourth-order valence-electron chi connectivity index (χ4n) is 3.77. The van der Waals surface area contributed by atoms with E-state index in [1.54, 1.807) is 16.2 Å². The van der Waals surface area contributed by atoms with Crippen LogP contribution in [-0.4, -0.2) is 78.6 Å². The van der Waals surface area contributed by atoms with Gasteiger partial charge in [0.05, 0.1) is 16.8 Å². The van der Waals surface area contributed by atoms with Gasteiger partial charge >= 0.3 is 0 Å². The molecule has 0 aliphatic carbocycles. The molecule has 150 valence electrons. The molecule has 28 heavy (non-hydrogen) atoms. The molecule has 0 saturated carbocycles. The zero-order chi connectivity index (χ0) is 19.5. The van der Waals surface area contributed by atoms with Crippen LogP contribution in [0.1, 0.15) is 19.8 Å². The molecule has 2 amide bonds. The molecule has 2 aliphatic heterocycles. The van der Waals surface area contributed by atoms with Crippen LogP contribution >= 0.6 is 11.3 Å². The molecule has 1 atom stereocenters. The van der Waals surface area contributed by atoms with Crippen LogP contribution in [0.5, 0.6) is 0 Å². The first kappa shape index (κ1) is 19.3. The Morgan fingerprint density at radius 2 is 2.04 bits per heavy atom. The molecule has 8 heteroatoms. The molecule has 1 unspecified atom stereocenters. The number of fused-ring (bicyclic) bond motifs is 1. The number of piperazine rings is 1. The first-order valence-electron chi connectivity index (χ1n) is 9.94. The molecule has 2 saturated heterocycles. The lowest BCUT2D eigenvalue weighted by atomic mass is 10.2. The summed E-state index contributed by atoms with van der Waals surface area (Å²) in [5.41, 5.74) is 0.926. The molecule has 3 heterocycles. The number of benzene rings is 1. The Hall–Kier alpha value is -2.03. The van der Waals surface area contributed by atoms with Gasteiger partial charge in [0.15, 0.2) is 5.13 Å². The van der Waals surface area contributed by atoms with Gasteiger partial charge in [0, 0.05) is 39.3 Å². The van der Waals surface area contributed by atoms with E-state index in [1.807, 2.05) is 36.1 Å². The molecule has 1 aromatic carbocycles. The summed E-state index contributed by atoms with van der Waals surface area (Å²) >= 11 is 1.55. The van der Waals surface area contributed by atoms with Crippen molar-refractivity contribution in [1.29, 1.82) is 0 Å². The first-order chi connectivity index (χ1) is 13.7. The molecule has 0 bridgehead atoms. The minimum absolute atomic E-state index is 0.0560. The number of hydrogen-bond acceptors (Lipinski definition) is 6. The third kappa shape index (κ3) is 4.04. The Bertz CT molecular complexity index is 808. The van der Waals surface area contributed by atoms with Crippen LogP contribution in [0.25, 0.3) is 10.2 Å². The maximum atomic E-state index is 12.9. The Balaban J connectivity index is 1.33. The van der Waals surface area contributed by atoms with E-state index in [1.165, 1.54) is 0 Å². The van der Waals surface area contributed by atoms with E-state index in [2.05, 4.69) is 9.88 Å². The van der Waals surface area contributed by atoms with Gasteiger partial charge in [-0.3, -0.25) is 19.4 Å². The molecular weight excluding hydrogens is 376 g/mol. The van der Waals surface area contributed by atoms with Gasteiger partial charge in [0.1, 0.15) is 6.10 Å². The number of hydrogen-bond donors (Lipinski definition) is 0. The third-order valence-electron chi connectivity index (χ3n) is 5.38. The fourth-order valence-corrected chi connectivity index (χ4v) is 4.82. The molecule has 0 radical (unpaired) electrons. The Morgan fingerprint density at radius 3 is 2.71 bits per heavy atom. The largest absolute Gasteiger partial charge is 0.368 e. The van der Waals surface area contributed by atoms with Gasteiger partial charge in [-0.25, -0.2) is 4.98 Å². The number of carbonyl (C=O) groups is 2. The van der Waals surface area contributed by atoms with E-state index in [4.69, 9.17) is 4.74 Å². The molecule has 2 aromatic rings. The molecular formula is C20H26N4O3S. The number of para-hydroxylation sites is 1. The SMILES string of the molecule is CCN(C(=O)CN1CCN(C(=O)C2CCCO2)CC1)c1nc2ccccc2s1. The number of carbonyl (C=O) groups excluding carboxylic acids is 2. The fraction of sp³-hybridized carbons (Fsp3) is 0.550. The number of nitrogens with zero attached hydrogens (tertiary/aromatic N) is 4. The van der Waals surface area contributed by atoms with Gasteiger partial charge in [-0.05, 0) is 31.9 Å². The van der Waals surface area contributed by atoms with Crippen molar-refractivity contribution in [1.82, 2.24) is 14.8 Å². The van der Waals surface area contributed by atoms with Crippen molar-refractivity contribution in [2.24, 2.45) is 0 Å². The van der Waals surface area contributed by atoms with Crippen LogP contribution in [0.3, 0.4) is 0 Å². The first-order valence-corrected chi connectivity index (χ1v) is 10.8. The average Bonchev–Trinajstić information content (AvgIpc) is 3.38. The summed E-state index contributed by atoms with van der Waals surface area (Å²) in [5, 5.41) is 0.751. The molecule has 1 aromatic heterocycles. The van der Waals surface area contributed by atoms with Crippen molar-refractivity contribution >= 4 is 38.5 Å². The number of anilines is 1. The van der Waals surface area contributed by atoms with E-state index in [0.29, 0.717) is 45.9 Å². The lowest BCUT2D eigenvalue weighted by Gasteiger charge is -2.36. The van der Waals surface area contributed by atoms with Gasteiger partial charge in [-0.1, -0.05) is 23.5 Å². The van der Waals surface area contributed by atoms with Gasteiger partial charge < -0.3 is 9.64 Å². The Morgan fingerprint density at radius 1 is 1.25 bits per heavy atom. The van der Waals surface area contributed by atoms with E-state index in [9.17, 15) is 9.59 Å². The van der Waals surface area contributed by atoms with Gasteiger partial charge in [0.2, 0.25) is 5.91 Å². The summed E-state index contributed by atoms with van der Waals surface area (Å²) in [5.74, 6) is 0.161. The van der Waals surface area contributed by atoms with E-state index >= 15 is 0 Å². The van der Waals surface area contributed by atoms with Crippen LogP contribution in [0.2, 0.25) is 0 Å². The van der Waals surface area contributed by atoms with E-state index < -0.39 is 0 Å². The van der Waals surface area contributed by atoms with E-state index in [0.717, 1.165) is 28.2 Å². The summed E-state index contributed by atoms with van der Waals surface area (Å²) in [6, 6.07) is 7.94. The van der Waals surface area contributed by atoms with Crippen molar-refractivity contribution in [3.05, 3.63) is 24.3 Å². The average molecular weight is 403 g/mol. The standard InChI is InChI=1S/C20H26N4O3S/c1-2-24(20-21-15-6-3-4-8-17(15)28-20)18(25)14-22-9-11-23(12-10-22)19(26)16-7-5-13-27-16/h3-4,6,8,16H,2,5,7,9-14H2,1H3. The van der Waals surface area contributed by atoms with Crippen molar-refractivity contribution in [3.8, 4) is 0 Å². The highest BCUT2D eigenvalue weighted by molar-refractivity contribution is 7.22. The zero-order valence-corrected chi connectivity index (χ0v) is 17.0. The number of ether oxygens (including phenoxy) is 1. The summed E-state index contributed by atoms with van der Waals surface area (Å²) in [7, 11) is 0. The predicted molar refractivity (Wildman–Crippen MR) is 110 cm³/mol. The maximum Gasteiger partial charge on any atom is 0.251 e. The van der Waals surface area contributed by atoms with Gasteiger partial charge in [0.25, 0.3) is 5.91 Å². The topological polar surface area (TPSA) is 66.0 Å². The molecule has 0 spiro atoms. The maximum absolute atomic E-state index is 12.9. The highest BCUT2D eigenvalue weighted by Gasteiger charge is 2.31. The number of likely N-dealkylation sites (N-methyl/N-ethyl adjacent to an activating group) is 1. The molecule has 4 rings (SSSR count). The van der Waals surface area contributed by atoms with Crippen molar-refractivity contribution < 1.29 is 14.3 Å². The lowest BCUT2D eigenvalue weighted by Crippen LogP contribution is -2.53. The van der Waals surface area contributed by atoms with Crippen molar-refractivity contribution in [2.45, 2.75) is 25.9 Å². The number of amides is 2. The highest BCUT2D eigenvalue weighted by atomic mass is 32.1. The lowest BCUT2D eigenvalue weighted by molar-refractivity contribution is -0.142. The second-order valence-electron chi connectivity index (χ2n) is 7.21. The molecule has 0 N–H and O–H groups in total. The summed E-state index contributed by atoms with van der Waals surface area (Å²) in [4.78, 5) is 35.7. The van der Waals surface area contributed by atoms with Crippen molar-refractivity contribution in [2.75, 3.05) is 50.8 Å². The van der Waals surface area contributed by atoms with Crippen LogP contribution in [0.15, 0.2) is 24.3 Å². The van der Waals surface area contributed by atoms with Crippen LogP contribution < -0.4 is 4.90 Å². The minimum atomic E-state index is -0.261. The van der Waals surface area contributed by atoms with Gasteiger partial charge in [-0.2, -0.15) is 0 Å². The predicted octanol–water partition coefficient (Wildman–Crippen LogP) is 1.97. The number of rotatable bonds is 5. The van der Waals surface area contributed by atoms with E-state index in [-0.39, 0.29) is 17.9 Å². The molecule has 2 fully saturated rings. The molecule has 2 aliphatic rings. The Kier molecular flexibility index (Phi) is 5.89. The smallest absolute Gasteiger partial charge is 0.251 e. The second-order valence-corrected chi connectivity index (χ2v) is 8.21. The van der Waals surface area contributed by atoms with Crippen molar-refractivity contribution in [3.63, 3.8) is 0 Å². The number of thiazole rings is 1. The van der Waals surface area contributed by atoms with Gasteiger partial charge in [-0.15, -0.1) is 0 Å².